The SMILES string of the molecule is CC[C@@H](C)[C@H](NC(=O)OCc1ccccc1)C(=O)N1CCOCCOCCN(C(=O)[C@@H](NC(=O)OCc2ccccc2)[C@@H](C)CC)CCOCCOCC1. The van der Waals surface area contributed by atoms with Gasteiger partial charge in [-0.1, -0.05) is 101 Å². The number of nitrogens with zero attached hydrogens (tertiary/aromatic N) is 2. The molecule has 4 amide bonds. The fourth-order valence-electron chi connectivity index (χ4n) is 5.55. The van der Waals surface area contributed by atoms with Crippen molar-refractivity contribution in [2.75, 3.05) is 79.0 Å². The summed E-state index contributed by atoms with van der Waals surface area (Å²) in [5.41, 5.74) is 1.70. The minimum atomic E-state index is -0.788. The van der Waals surface area contributed by atoms with Crippen LogP contribution >= 0.6 is 0 Å². The summed E-state index contributed by atoms with van der Waals surface area (Å²) in [6.45, 7) is 11.2. The third-order valence-corrected chi connectivity index (χ3v) is 9.32. The van der Waals surface area contributed by atoms with Crippen LogP contribution in [0.5, 0.6) is 0 Å². The van der Waals surface area contributed by atoms with Gasteiger partial charge >= 0.3 is 12.2 Å². The second-order valence-corrected chi connectivity index (χ2v) is 13.2. The maximum atomic E-state index is 13.8. The second kappa shape index (κ2) is 25.7. The van der Waals surface area contributed by atoms with Crippen LogP contribution in [-0.4, -0.2) is 125 Å². The van der Waals surface area contributed by atoms with Crippen molar-refractivity contribution >= 4 is 24.0 Å². The van der Waals surface area contributed by atoms with Gasteiger partial charge in [-0.15, -0.1) is 0 Å². The van der Waals surface area contributed by atoms with E-state index in [4.69, 9.17) is 28.4 Å². The summed E-state index contributed by atoms with van der Waals surface area (Å²) in [6.07, 6.45) is 0.0245. The van der Waals surface area contributed by atoms with E-state index in [1.807, 2.05) is 88.4 Å². The van der Waals surface area contributed by atoms with Crippen LogP contribution < -0.4 is 10.6 Å². The van der Waals surface area contributed by atoms with E-state index in [-0.39, 0.29) is 116 Å². The van der Waals surface area contributed by atoms with Crippen LogP contribution in [0.1, 0.15) is 51.7 Å². The van der Waals surface area contributed by atoms with E-state index in [1.54, 1.807) is 9.80 Å². The van der Waals surface area contributed by atoms with Crippen LogP contribution in [-0.2, 0) is 51.2 Å². The number of nitrogens with one attached hydrogen (secondary N) is 2. The molecule has 0 bridgehead atoms. The van der Waals surface area contributed by atoms with Gasteiger partial charge in [0.05, 0.1) is 52.9 Å². The summed E-state index contributed by atoms with van der Waals surface area (Å²) in [6, 6.07) is 17.1. The van der Waals surface area contributed by atoms with Crippen molar-refractivity contribution in [3.8, 4) is 0 Å². The highest BCUT2D eigenvalue weighted by Gasteiger charge is 2.32. The van der Waals surface area contributed by atoms with E-state index in [1.165, 1.54) is 0 Å². The summed E-state index contributed by atoms with van der Waals surface area (Å²) in [5, 5.41) is 5.58. The van der Waals surface area contributed by atoms with Gasteiger partial charge in [0, 0.05) is 26.2 Å². The van der Waals surface area contributed by atoms with Crippen molar-refractivity contribution in [1.82, 2.24) is 20.4 Å². The Morgan fingerprint density at radius 3 is 1.17 bits per heavy atom. The zero-order valence-corrected chi connectivity index (χ0v) is 32.4. The molecule has 0 aliphatic carbocycles. The molecule has 54 heavy (non-hydrogen) atoms. The van der Waals surface area contributed by atoms with Crippen LogP contribution in [0.25, 0.3) is 0 Å². The predicted octanol–water partition coefficient (Wildman–Crippen LogP) is 4.41. The number of hydrogen-bond donors (Lipinski definition) is 2. The summed E-state index contributed by atoms with van der Waals surface area (Å²) in [7, 11) is 0. The molecular weight excluding hydrogens is 696 g/mol. The molecule has 1 aliphatic heterocycles. The Hall–Kier alpha value is -4.24. The van der Waals surface area contributed by atoms with Crippen molar-refractivity contribution in [3.05, 3.63) is 71.8 Å². The Bertz CT molecular complexity index is 1250. The van der Waals surface area contributed by atoms with E-state index >= 15 is 0 Å². The van der Waals surface area contributed by atoms with Crippen LogP contribution in [0.2, 0.25) is 0 Å². The molecule has 4 atom stereocenters. The minimum Gasteiger partial charge on any atom is -0.445 e. The smallest absolute Gasteiger partial charge is 0.408 e. The average molecular weight is 757 g/mol. The summed E-state index contributed by atoms with van der Waals surface area (Å²) >= 11 is 0. The normalized spacial score (nSPS) is 17.8. The maximum absolute atomic E-state index is 13.8. The topological polar surface area (TPSA) is 154 Å². The fourth-order valence-corrected chi connectivity index (χ4v) is 5.55. The van der Waals surface area contributed by atoms with Crippen molar-refractivity contribution in [2.24, 2.45) is 11.8 Å². The second-order valence-electron chi connectivity index (χ2n) is 13.2. The van der Waals surface area contributed by atoms with Crippen LogP contribution in [0.4, 0.5) is 9.59 Å². The Balaban J connectivity index is 1.54. The average Bonchev–Trinajstić information content (AvgIpc) is 3.20. The molecule has 0 saturated carbocycles. The molecule has 1 saturated heterocycles. The first-order valence-corrected chi connectivity index (χ1v) is 19.1. The molecule has 300 valence electrons. The molecule has 1 heterocycles. The van der Waals surface area contributed by atoms with E-state index in [9.17, 15) is 19.2 Å². The van der Waals surface area contributed by atoms with Gasteiger partial charge in [-0.2, -0.15) is 0 Å². The van der Waals surface area contributed by atoms with E-state index in [0.717, 1.165) is 11.1 Å². The number of benzene rings is 2. The summed E-state index contributed by atoms with van der Waals surface area (Å²) in [4.78, 5) is 56.4. The molecule has 1 aliphatic rings. The first-order valence-electron chi connectivity index (χ1n) is 19.1. The molecule has 3 rings (SSSR count). The first-order chi connectivity index (χ1) is 26.2. The van der Waals surface area contributed by atoms with Gasteiger partial charge in [0.25, 0.3) is 0 Å². The quantitative estimate of drug-likeness (QED) is 0.319. The molecule has 14 heteroatoms. The van der Waals surface area contributed by atoms with Gasteiger partial charge in [-0.3, -0.25) is 9.59 Å². The molecule has 2 aromatic rings. The lowest BCUT2D eigenvalue weighted by atomic mass is 9.98. The van der Waals surface area contributed by atoms with Gasteiger partial charge in [-0.05, 0) is 23.0 Å². The highest BCUT2D eigenvalue weighted by Crippen LogP contribution is 2.14. The lowest BCUT2D eigenvalue weighted by Crippen LogP contribution is -2.53. The Labute approximate surface area is 320 Å². The number of ether oxygens (including phenoxy) is 6. The van der Waals surface area contributed by atoms with Crippen molar-refractivity contribution in [3.63, 3.8) is 0 Å². The van der Waals surface area contributed by atoms with Crippen LogP contribution in [0, 0.1) is 11.8 Å². The molecule has 0 radical (unpaired) electrons. The monoisotopic (exact) mass is 756 g/mol. The summed E-state index contributed by atoms with van der Waals surface area (Å²) in [5.74, 6) is -0.770. The highest BCUT2D eigenvalue weighted by atomic mass is 16.6. The molecule has 2 N–H and O–H groups in total. The maximum Gasteiger partial charge on any atom is 0.408 e. The first kappa shape index (κ1) is 44.2. The minimum absolute atomic E-state index is 0.0970. The van der Waals surface area contributed by atoms with Gasteiger partial charge in [0.15, 0.2) is 0 Å². The van der Waals surface area contributed by atoms with Crippen molar-refractivity contribution in [1.29, 1.82) is 0 Å². The van der Waals surface area contributed by atoms with Crippen molar-refractivity contribution < 1.29 is 47.6 Å². The number of rotatable bonds is 12. The molecule has 0 spiro atoms. The highest BCUT2D eigenvalue weighted by molar-refractivity contribution is 5.86. The van der Waals surface area contributed by atoms with Crippen LogP contribution in [0.3, 0.4) is 0 Å². The zero-order valence-electron chi connectivity index (χ0n) is 32.4. The molecule has 0 aromatic heterocycles. The Kier molecular flexibility index (Phi) is 21.0. The number of amides is 4. The largest absolute Gasteiger partial charge is 0.445 e. The molecular formula is C40H60N4O10. The van der Waals surface area contributed by atoms with Gasteiger partial charge in [-0.25, -0.2) is 9.59 Å². The number of carbonyl (C=O) groups excluding carboxylic acids is 4. The zero-order chi connectivity index (χ0) is 39.0. The fraction of sp³-hybridized carbons (Fsp3) is 0.600. The standard InChI is InChI=1S/C40H60N4O10/c1-5-31(3)35(41-39(47)53-29-33-13-9-7-10-14-33)37(45)43-17-21-49-25-27-51-23-19-44(20-24-52-28-26-50-22-18-43)38(46)36(32(4)6-2)42-40(48)54-30-34-15-11-8-12-16-34/h7-16,31-32,35-36H,5-6,17-30H2,1-4H3,(H,41,47)(H,42,48)/t31-,32+,35-,36-/m0/s1. The lowest BCUT2D eigenvalue weighted by molar-refractivity contribution is -0.138. The summed E-state index contributed by atoms with van der Waals surface area (Å²) < 4.78 is 34.1. The molecule has 2 aromatic carbocycles. The number of carbonyl (C=O) groups is 4. The molecule has 14 nitrogen and oxygen atoms in total. The Morgan fingerprint density at radius 2 is 0.870 bits per heavy atom. The number of alkyl carbamates (subject to hydrolysis) is 2. The van der Waals surface area contributed by atoms with Crippen molar-refractivity contribution in [2.45, 2.75) is 65.8 Å². The van der Waals surface area contributed by atoms with Gasteiger partial charge in [0.2, 0.25) is 11.8 Å². The third kappa shape index (κ3) is 16.4. The van der Waals surface area contributed by atoms with E-state index in [2.05, 4.69) is 10.6 Å². The van der Waals surface area contributed by atoms with E-state index < -0.39 is 24.3 Å². The molecule has 0 unspecified atom stereocenters. The van der Waals surface area contributed by atoms with Gasteiger partial charge in [0.1, 0.15) is 25.3 Å². The van der Waals surface area contributed by atoms with Gasteiger partial charge < -0.3 is 48.9 Å². The predicted molar refractivity (Wildman–Crippen MR) is 202 cm³/mol. The third-order valence-electron chi connectivity index (χ3n) is 9.32. The Morgan fingerprint density at radius 1 is 0.556 bits per heavy atom. The van der Waals surface area contributed by atoms with Crippen LogP contribution in [0.15, 0.2) is 60.7 Å². The number of hydrogen-bond acceptors (Lipinski definition) is 10. The lowest BCUT2D eigenvalue weighted by Gasteiger charge is -2.31. The van der Waals surface area contributed by atoms with E-state index in [0.29, 0.717) is 12.8 Å². The molecule has 1 fully saturated rings.